The summed E-state index contributed by atoms with van der Waals surface area (Å²) in [6, 6.07) is 5.95. The molecule has 0 radical (unpaired) electrons. The van der Waals surface area contributed by atoms with Crippen LogP contribution in [0.15, 0.2) is 34.9 Å². The summed E-state index contributed by atoms with van der Waals surface area (Å²) in [7, 11) is 0. The molecular formula is C16H18BrFN4O. The van der Waals surface area contributed by atoms with Crippen molar-refractivity contribution in [3.8, 4) is 5.69 Å². The summed E-state index contributed by atoms with van der Waals surface area (Å²) in [4.78, 5) is 14.5. The van der Waals surface area contributed by atoms with Gasteiger partial charge in [-0.25, -0.2) is 9.07 Å². The van der Waals surface area contributed by atoms with Crippen molar-refractivity contribution in [1.82, 2.24) is 14.7 Å². The van der Waals surface area contributed by atoms with Crippen molar-refractivity contribution in [2.45, 2.75) is 13.3 Å². The lowest BCUT2D eigenvalue weighted by Gasteiger charge is -2.22. The topological polar surface area (TPSA) is 64.2 Å². The molecule has 1 amide bonds. The highest BCUT2D eigenvalue weighted by molar-refractivity contribution is 9.10. The molecular weight excluding hydrogens is 363 g/mol. The van der Waals surface area contributed by atoms with Gasteiger partial charge in [0.25, 0.3) is 5.91 Å². The van der Waals surface area contributed by atoms with Gasteiger partial charge in [-0.3, -0.25) is 4.79 Å². The molecule has 1 aliphatic rings. The van der Waals surface area contributed by atoms with Crippen LogP contribution in [0, 0.1) is 11.2 Å². The van der Waals surface area contributed by atoms with Gasteiger partial charge in [0, 0.05) is 19.3 Å². The van der Waals surface area contributed by atoms with Crippen molar-refractivity contribution in [3.63, 3.8) is 0 Å². The van der Waals surface area contributed by atoms with Gasteiger partial charge >= 0.3 is 0 Å². The lowest BCUT2D eigenvalue weighted by atomic mass is 9.90. The first-order valence-corrected chi connectivity index (χ1v) is 8.22. The van der Waals surface area contributed by atoms with E-state index in [4.69, 9.17) is 5.73 Å². The third kappa shape index (κ3) is 3.16. The average Bonchev–Trinajstić information content (AvgIpc) is 3.12. The Kier molecular flexibility index (Phi) is 4.25. The number of likely N-dealkylation sites (tertiary alicyclic amines) is 1. The number of hydrogen-bond donors (Lipinski definition) is 1. The highest BCUT2D eigenvalue weighted by Gasteiger charge is 2.36. The van der Waals surface area contributed by atoms with E-state index < -0.39 is 0 Å². The quantitative estimate of drug-likeness (QED) is 0.889. The third-order valence-electron chi connectivity index (χ3n) is 4.30. The molecule has 1 atom stereocenters. The molecule has 0 aliphatic carbocycles. The number of amides is 1. The molecule has 1 unspecified atom stereocenters. The van der Waals surface area contributed by atoms with Gasteiger partial charge in [0.15, 0.2) is 5.69 Å². The van der Waals surface area contributed by atoms with E-state index in [0.717, 1.165) is 6.42 Å². The van der Waals surface area contributed by atoms with Gasteiger partial charge in [-0.2, -0.15) is 5.10 Å². The standard InChI is InChI=1S/C16H18BrFN4O/c1-16(9-19)6-7-21(10-16)15(23)14-13(17)8-22(20-14)12-4-2-11(18)3-5-12/h2-5,8H,6-7,9-10,19H2,1H3. The van der Waals surface area contributed by atoms with Crippen molar-refractivity contribution >= 4 is 21.8 Å². The zero-order valence-corrected chi connectivity index (χ0v) is 14.4. The van der Waals surface area contributed by atoms with Crippen LogP contribution in [0.4, 0.5) is 4.39 Å². The smallest absolute Gasteiger partial charge is 0.275 e. The fourth-order valence-corrected chi connectivity index (χ4v) is 3.18. The molecule has 122 valence electrons. The van der Waals surface area contributed by atoms with Crippen LogP contribution in [0.1, 0.15) is 23.8 Å². The number of benzene rings is 1. The zero-order chi connectivity index (χ0) is 16.6. The predicted octanol–water partition coefficient (Wildman–Crippen LogP) is 2.58. The van der Waals surface area contributed by atoms with Gasteiger partial charge in [-0.05, 0) is 58.6 Å². The summed E-state index contributed by atoms with van der Waals surface area (Å²) in [5.74, 6) is -0.427. The summed E-state index contributed by atoms with van der Waals surface area (Å²) in [5.41, 5.74) is 6.82. The number of hydrogen-bond acceptors (Lipinski definition) is 3. The van der Waals surface area contributed by atoms with Crippen LogP contribution in [0.2, 0.25) is 0 Å². The van der Waals surface area contributed by atoms with E-state index in [9.17, 15) is 9.18 Å². The Morgan fingerprint density at radius 1 is 1.43 bits per heavy atom. The lowest BCUT2D eigenvalue weighted by Crippen LogP contribution is -2.34. The second kappa shape index (κ2) is 6.05. The molecule has 5 nitrogen and oxygen atoms in total. The minimum atomic E-state index is -0.311. The maximum absolute atomic E-state index is 13.0. The molecule has 23 heavy (non-hydrogen) atoms. The molecule has 0 bridgehead atoms. The predicted molar refractivity (Wildman–Crippen MR) is 88.9 cm³/mol. The molecule has 1 aliphatic heterocycles. The molecule has 2 N–H and O–H groups in total. The number of aromatic nitrogens is 2. The van der Waals surface area contributed by atoms with Gasteiger partial charge in [-0.15, -0.1) is 0 Å². The second-order valence-corrected chi connectivity index (χ2v) is 7.09. The van der Waals surface area contributed by atoms with E-state index in [1.54, 1.807) is 27.9 Å². The summed E-state index contributed by atoms with van der Waals surface area (Å²) in [6.07, 6.45) is 2.60. The molecule has 3 rings (SSSR count). The molecule has 1 aromatic carbocycles. The molecule has 0 saturated carbocycles. The van der Waals surface area contributed by atoms with E-state index in [2.05, 4.69) is 28.0 Å². The summed E-state index contributed by atoms with van der Waals surface area (Å²) >= 11 is 3.39. The van der Waals surface area contributed by atoms with Gasteiger partial charge in [0.05, 0.1) is 10.2 Å². The minimum Gasteiger partial charge on any atom is -0.337 e. The van der Waals surface area contributed by atoms with Gasteiger partial charge in [0.1, 0.15) is 5.82 Å². The molecule has 0 spiro atoms. The van der Waals surface area contributed by atoms with Crippen LogP contribution in [-0.2, 0) is 0 Å². The van der Waals surface area contributed by atoms with Gasteiger partial charge < -0.3 is 10.6 Å². The number of carbonyl (C=O) groups excluding carboxylic acids is 1. The van der Waals surface area contributed by atoms with Crippen LogP contribution < -0.4 is 5.73 Å². The second-order valence-electron chi connectivity index (χ2n) is 6.24. The van der Waals surface area contributed by atoms with E-state index in [0.29, 0.717) is 35.5 Å². The number of halogens is 2. The highest BCUT2D eigenvalue weighted by atomic mass is 79.9. The minimum absolute atomic E-state index is 0.0261. The SMILES string of the molecule is CC1(CN)CCN(C(=O)c2nn(-c3ccc(F)cc3)cc2Br)C1. The Hall–Kier alpha value is -1.73. The summed E-state index contributed by atoms with van der Waals surface area (Å²) < 4.78 is 15.2. The monoisotopic (exact) mass is 380 g/mol. The Labute approximate surface area is 142 Å². The molecule has 1 fully saturated rings. The number of rotatable bonds is 3. The van der Waals surface area contributed by atoms with Crippen molar-refractivity contribution in [2.24, 2.45) is 11.1 Å². The fourth-order valence-electron chi connectivity index (χ4n) is 2.74. The zero-order valence-electron chi connectivity index (χ0n) is 12.8. The van der Waals surface area contributed by atoms with Crippen molar-refractivity contribution in [3.05, 3.63) is 46.4 Å². The highest BCUT2D eigenvalue weighted by Crippen LogP contribution is 2.30. The largest absolute Gasteiger partial charge is 0.337 e. The first-order valence-electron chi connectivity index (χ1n) is 7.42. The number of nitrogens with zero attached hydrogens (tertiary/aromatic N) is 3. The summed E-state index contributed by atoms with van der Waals surface area (Å²) in [5, 5.41) is 4.35. The first-order chi connectivity index (χ1) is 10.9. The average molecular weight is 381 g/mol. The third-order valence-corrected chi connectivity index (χ3v) is 4.88. The van der Waals surface area contributed by atoms with Gasteiger partial charge in [0.2, 0.25) is 0 Å². The van der Waals surface area contributed by atoms with Crippen molar-refractivity contribution in [1.29, 1.82) is 0 Å². The number of carbonyl (C=O) groups is 1. The van der Waals surface area contributed by atoms with Gasteiger partial charge in [-0.1, -0.05) is 6.92 Å². The number of nitrogens with two attached hydrogens (primary N) is 1. The lowest BCUT2D eigenvalue weighted by molar-refractivity contribution is 0.0769. The van der Waals surface area contributed by atoms with Crippen LogP contribution in [0.3, 0.4) is 0 Å². The van der Waals surface area contributed by atoms with Crippen LogP contribution in [-0.4, -0.2) is 40.2 Å². The normalized spacial score (nSPS) is 21.0. The van der Waals surface area contributed by atoms with Crippen LogP contribution in [0.5, 0.6) is 0 Å². The van der Waals surface area contributed by atoms with E-state index in [-0.39, 0.29) is 17.1 Å². The molecule has 1 aromatic heterocycles. The Morgan fingerprint density at radius 2 is 2.13 bits per heavy atom. The molecule has 2 aromatic rings. The van der Waals surface area contributed by atoms with Crippen molar-refractivity contribution < 1.29 is 9.18 Å². The van der Waals surface area contributed by atoms with E-state index >= 15 is 0 Å². The molecule has 1 saturated heterocycles. The van der Waals surface area contributed by atoms with Crippen LogP contribution >= 0.6 is 15.9 Å². The maximum atomic E-state index is 13.0. The first kappa shape index (κ1) is 16.1. The fraction of sp³-hybridized carbons (Fsp3) is 0.375. The van der Waals surface area contributed by atoms with Crippen LogP contribution in [0.25, 0.3) is 5.69 Å². The van der Waals surface area contributed by atoms with E-state index in [1.165, 1.54) is 12.1 Å². The molecule has 2 heterocycles. The van der Waals surface area contributed by atoms with Crippen molar-refractivity contribution in [2.75, 3.05) is 19.6 Å². The Morgan fingerprint density at radius 3 is 2.74 bits per heavy atom. The molecule has 7 heteroatoms. The Balaban J connectivity index is 1.84. The summed E-state index contributed by atoms with van der Waals surface area (Å²) in [6.45, 7) is 3.97. The maximum Gasteiger partial charge on any atom is 0.275 e. The van der Waals surface area contributed by atoms with E-state index in [1.807, 2.05) is 0 Å². The Bertz CT molecular complexity index is 730.